The summed E-state index contributed by atoms with van der Waals surface area (Å²) in [4.78, 5) is 35.7. The van der Waals surface area contributed by atoms with Crippen LogP contribution in [0.15, 0.2) is 47.4 Å². The quantitative estimate of drug-likeness (QED) is 0.327. The van der Waals surface area contributed by atoms with Gasteiger partial charge >= 0.3 is 11.9 Å². The molecule has 33 heavy (non-hydrogen) atoms. The summed E-state index contributed by atoms with van der Waals surface area (Å²) >= 11 is 5.94. The van der Waals surface area contributed by atoms with Crippen LogP contribution >= 0.6 is 24.0 Å². The summed E-state index contributed by atoms with van der Waals surface area (Å²) in [6.45, 7) is -0.551. The molecule has 1 aliphatic heterocycles. The highest BCUT2D eigenvalue weighted by Crippen LogP contribution is 2.33. The molecule has 1 atom stereocenters. The fourth-order valence-electron chi connectivity index (χ4n) is 2.92. The van der Waals surface area contributed by atoms with Crippen LogP contribution in [0.5, 0.6) is 11.5 Å². The minimum atomic E-state index is -1.19. The third-order valence-electron chi connectivity index (χ3n) is 4.54. The number of nitrogens with two attached hydrogens (primary N) is 1. The third kappa shape index (κ3) is 6.15. The Morgan fingerprint density at radius 3 is 2.52 bits per heavy atom. The lowest BCUT2D eigenvalue weighted by Crippen LogP contribution is -2.33. The van der Waals surface area contributed by atoms with Crippen LogP contribution < -0.4 is 10.5 Å². The first kappa shape index (κ1) is 24.4. The molecule has 1 saturated heterocycles. The predicted molar refractivity (Wildman–Crippen MR) is 124 cm³/mol. The maximum absolute atomic E-state index is 14.6. The van der Waals surface area contributed by atoms with Crippen LogP contribution in [0.25, 0.3) is 6.08 Å². The zero-order valence-electron chi connectivity index (χ0n) is 17.3. The fraction of sp³-hybridized carbons (Fsp3) is 0.182. The molecule has 0 aromatic heterocycles. The molecule has 1 amide bonds. The lowest BCUT2D eigenvalue weighted by molar-refractivity contribution is -0.142. The topological polar surface area (TPSA) is 119 Å². The number of halogens is 1. The largest absolute Gasteiger partial charge is 0.480 e. The molecule has 0 spiro atoms. The number of methoxy groups -OCH3 is 1. The number of carboxylic acids is 1. The van der Waals surface area contributed by atoms with Crippen molar-refractivity contribution in [1.29, 1.82) is 0 Å². The number of carbonyl (C=O) groups excluding carboxylic acids is 2. The van der Waals surface area contributed by atoms with E-state index in [1.54, 1.807) is 24.3 Å². The SMILES string of the molecule is COC(=O)[C@@H](N)Cc1ccc(Oc2ccc(/C=C3\SC(=S)N(CC(=O)O)C3=O)c(F)c2)cc1. The smallest absolute Gasteiger partial charge is 0.323 e. The zero-order valence-corrected chi connectivity index (χ0v) is 19.0. The minimum absolute atomic E-state index is 0.102. The van der Waals surface area contributed by atoms with Crippen LogP contribution in [0.3, 0.4) is 0 Å². The number of thioether (sulfide) groups is 1. The van der Waals surface area contributed by atoms with E-state index in [0.717, 1.165) is 22.2 Å². The van der Waals surface area contributed by atoms with E-state index in [-0.39, 0.29) is 20.5 Å². The Hall–Kier alpha value is -3.28. The normalized spacial score (nSPS) is 15.6. The van der Waals surface area contributed by atoms with Gasteiger partial charge in [0.2, 0.25) is 0 Å². The van der Waals surface area contributed by atoms with Gasteiger partial charge in [0.05, 0.1) is 12.0 Å². The first-order valence-corrected chi connectivity index (χ1v) is 10.8. The van der Waals surface area contributed by atoms with Gasteiger partial charge in [-0.3, -0.25) is 19.3 Å². The molecule has 0 bridgehead atoms. The molecule has 0 unspecified atom stereocenters. The van der Waals surface area contributed by atoms with E-state index < -0.39 is 36.2 Å². The molecule has 0 radical (unpaired) electrons. The number of hydrogen-bond donors (Lipinski definition) is 2. The lowest BCUT2D eigenvalue weighted by Gasteiger charge is -2.11. The molecule has 1 heterocycles. The van der Waals surface area contributed by atoms with Crippen LogP contribution in [-0.2, 0) is 25.5 Å². The maximum Gasteiger partial charge on any atom is 0.323 e. The first-order valence-electron chi connectivity index (χ1n) is 9.55. The monoisotopic (exact) mass is 490 g/mol. The average molecular weight is 491 g/mol. The number of carbonyl (C=O) groups is 3. The van der Waals surface area contributed by atoms with Crippen LogP contribution in [0.2, 0.25) is 0 Å². The number of ether oxygens (including phenoxy) is 2. The van der Waals surface area contributed by atoms with E-state index >= 15 is 0 Å². The lowest BCUT2D eigenvalue weighted by atomic mass is 10.1. The molecule has 0 saturated carbocycles. The van der Waals surface area contributed by atoms with E-state index in [2.05, 4.69) is 4.74 Å². The van der Waals surface area contributed by atoms with E-state index in [1.165, 1.54) is 31.4 Å². The van der Waals surface area contributed by atoms with Gasteiger partial charge in [0.1, 0.15) is 34.2 Å². The molecule has 11 heteroatoms. The van der Waals surface area contributed by atoms with Crippen molar-refractivity contribution in [2.24, 2.45) is 5.73 Å². The number of nitrogens with zero attached hydrogens (tertiary/aromatic N) is 1. The summed E-state index contributed by atoms with van der Waals surface area (Å²) in [5.74, 6) is -2.22. The maximum atomic E-state index is 14.6. The van der Waals surface area contributed by atoms with Crippen LogP contribution in [0.1, 0.15) is 11.1 Å². The number of rotatable bonds is 8. The van der Waals surface area contributed by atoms with Gasteiger partial charge in [-0.15, -0.1) is 0 Å². The Balaban J connectivity index is 1.68. The molecule has 3 N–H and O–H groups in total. The Labute approximate surface area is 198 Å². The molecule has 2 aromatic carbocycles. The second kappa shape index (κ2) is 10.6. The Bertz CT molecular complexity index is 1140. The van der Waals surface area contributed by atoms with Gasteiger partial charge in [-0.1, -0.05) is 36.1 Å². The summed E-state index contributed by atoms with van der Waals surface area (Å²) in [7, 11) is 1.27. The average Bonchev–Trinajstić information content (AvgIpc) is 3.03. The summed E-state index contributed by atoms with van der Waals surface area (Å²) in [5.41, 5.74) is 6.68. The van der Waals surface area contributed by atoms with Gasteiger partial charge in [-0.05, 0) is 42.3 Å². The highest BCUT2D eigenvalue weighted by atomic mass is 32.2. The van der Waals surface area contributed by atoms with Crippen molar-refractivity contribution in [2.45, 2.75) is 12.5 Å². The first-order chi connectivity index (χ1) is 15.7. The Morgan fingerprint density at radius 1 is 1.24 bits per heavy atom. The number of aliphatic carboxylic acids is 1. The molecular weight excluding hydrogens is 471 g/mol. The summed E-state index contributed by atoms with van der Waals surface area (Å²) in [5, 5.41) is 8.89. The van der Waals surface area contributed by atoms with Crippen molar-refractivity contribution in [1.82, 2.24) is 4.90 Å². The van der Waals surface area contributed by atoms with Crippen molar-refractivity contribution in [3.8, 4) is 11.5 Å². The number of esters is 1. The number of hydrogen-bond acceptors (Lipinski definition) is 8. The predicted octanol–water partition coefficient (Wildman–Crippen LogP) is 2.95. The molecule has 2 aromatic rings. The number of carboxylic acid groups (broad SMARTS) is 1. The van der Waals surface area contributed by atoms with Crippen molar-refractivity contribution in [3.63, 3.8) is 0 Å². The number of thiocarbonyl (C=S) groups is 1. The van der Waals surface area contributed by atoms with Crippen molar-refractivity contribution in [3.05, 3.63) is 64.3 Å². The van der Waals surface area contributed by atoms with Crippen LogP contribution in [0.4, 0.5) is 4.39 Å². The van der Waals surface area contributed by atoms with Crippen LogP contribution in [-0.4, -0.2) is 51.9 Å². The second-order valence-electron chi connectivity index (χ2n) is 6.92. The highest BCUT2D eigenvalue weighted by molar-refractivity contribution is 8.26. The number of amides is 1. The van der Waals surface area contributed by atoms with Crippen LogP contribution in [0, 0.1) is 5.82 Å². The zero-order chi connectivity index (χ0) is 24.1. The second-order valence-corrected chi connectivity index (χ2v) is 8.60. The van der Waals surface area contributed by atoms with E-state index in [4.69, 9.17) is 27.8 Å². The molecule has 172 valence electrons. The molecule has 1 fully saturated rings. The van der Waals surface area contributed by atoms with E-state index in [9.17, 15) is 18.8 Å². The fourth-order valence-corrected chi connectivity index (χ4v) is 4.17. The van der Waals surface area contributed by atoms with Crippen molar-refractivity contribution < 1.29 is 33.4 Å². The molecule has 3 rings (SSSR count). The Kier molecular flexibility index (Phi) is 7.79. The van der Waals surface area contributed by atoms with Gasteiger partial charge in [-0.2, -0.15) is 0 Å². The molecular formula is C22H19FN2O6S2. The molecule has 8 nitrogen and oxygen atoms in total. The standard InChI is InChI=1S/C22H19FN2O6S2/c1-30-21(29)17(24)8-12-2-5-14(6-3-12)31-15-7-4-13(16(23)10-15)9-18-20(28)25(11-19(26)27)22(32)33-18/h2-7,9-10,17H,8,11,24H2,1H3,(H,26,27)/b18-9-/t17-/m0/s1. The van der Waals surface area contributed by atoms with Gasteiger partial charge in [0, 0.05) is 11.6 Å². The van der Waals surface area contributed by atoms with E-state index in [0.29, 0.717) is 12.2 Å². The number of benzene rings is 2. The summed E-state index contributed by atoms with van der Waals surface area (Å²) in [6.07, 6.45) is 1.62. The van der Waals surface area contributed by atoms with E-state index in [1.807, 2.05) is 0 Å². The molecule has 1 aliphatic rings. The molecule has 0 aliphatic carbocycles. The summed E-state index contributed by atoms with van der Waals surface area (Å²) < 4.78 is 25.0. The van der Waals surface area contributed by atoms with Gasteiger partial charge in [-0.25, -0.2) is 4.39 Å². The van der Waals surface area contributed by atoms with Gasteiger partial charge < -0.3 is 20.3 Å². The Morgan fingerprint density at radius 2 is 1.91 bits per heavy atom. The highest BCUT2D eigenvalue weighted by Gasteiger charge is 2.33. The van der Waals surface area contributed by atoms with Gasteiger partial charge in [0.25, 0.3) is 5.91 Å². The van der Waals surface area contributed by atoms with Crippen molar-refractivity contribution in [2.75, 3.05) is 13.7 Å². The third-order valence-corrected chi connectivity index (χ3v) is 5.92. The summed E-state index contributed by atoms with van der Waals surface area (Å²) in [6, 6.07) is 10.2. The van der Waals surface area contributed by atoms with Gasteiger partial charge in [0.15, 0.2) is 0 Å². The van der Waals surface area contributed by atoms with Crippen molar-refractivity contribution >= 4 is 52.2 Å². The minimum Gasteiger partial charge on any atom is -0.480 e.